The van der Waals surface area contributed by atoms with Crippen LogP contribution in [0.3, 0.4) is 0 Å². The fourth-order valence-corrected chi connectivity index (χ4v) is 3.61. The second-order valence-electron chi connectivity index (χ2n) is 6.85. The molecule has 0 unspecified atom stereocenters. The Morgan fingerprint density at radius 2 is 1.78 bits per heavy atom. The molecule has 0 spiro atoms. The molecule has 2 aromatic heterocycles. The van der Waals surface area contributed by atoms with Crippen LogP contribution in [0.15, 0.2) is 83.3 Å². The Bertz CT molecular complexity index is 1220. The molecule has 0 aliphatic heterocycles. The number of carbonyl (C=O) groups excluding carboxylic acids is 1. The van der Waals surface area contributed by atoms with E-state index in [1.165, 1.54) is 30.1 Å². The number of amides is 1. The first-order valence-corrected chi connectivity index (χ1v) is 10.7. The second-order valence-corrected chi connectivity index (χ2v) is 7.79. The van der Waals surface area contributed by atoms with Gasteiger partial charge in [0.2, 0.25) is 0 Å². The van der Waals surface area contributed by atoms with Crippen LogP contribution in [0.2, 0.25) is 0 Å². The Morgan fingerprint density at radius 3 is 2.50 bits per heavy atom. The Balaban J connectivity index is 1.49. The predicted molar refractivity (Wildman–Crippen MR) is 122 cm³/mol. The smallest absolute Gasteiger partial charge is 0.250 e. The molecule has 1 N–H and O–H groups in total. The van der Waals surface area contributed by atoms with Crippen molar-refractivity contribution in [3.63, 3.8) is 0 Å². The highest BCUT2D eigenvalue weighted by Crippen LogP contribution is 2.27. The number of thioether (sulfide) groups is 1. The van der Waals surface area contributed by atoms with Crippen LogP contribution in [0.1, 0.15) is 11.1 Å². The minimum atomic E-state index is -0.327. The molecule has 32 heavy (non-hydrogen) atoms. The average molecular weight is 447 g/mol. The summed E-state index contributed by atoms with van der Waals surface area (Å²) >= 11 is 1.26. The molecule has 2 heterocycles. The Kier molecular flexibility index (Phi) is 6.66. The fourth-order valence-electron chi connectivity index (χ4n) is 2.87. The molecular weight excluding hydrogens is 427 g/mol. The van der Waals surface area contributed by atoms with Crippen molar-refractivity contribution in [1.29, 1.82) is 0 Å². The molecule has 4 rings (SSSR count). The third-order valence-corrected chi connectivity index (χ3v) is 5.40. The van der Waals surface area contributed by atoms with E-state index in [-0.39, 0.29) is 17.5 Å². The van der Waals surface area contributed by atoms with Gasteiger partial charge < -0.3 is 0 Å². The van der Waals surface area contributed by atoms with E-state index in [2.05, 4.69) is 25.7 Å². The van der Waals surface area contributed by atoms with Crippen LogP contribution in [-0.2, 0) is 4.79 Å². The first kappa shape index (κ1) is 21.4. The van der Waals surface area contributed by atoms with E-state index in [9.17, 15) is 9.18 Å². The number of nitrogens with zero attached hydrogens (tertiary/aromatic N) is 5. The summed E-state index contributed by atoms with van der Waals surface area (Å²) < 4.78 is 14.9. The van der Waals surface area contributed by atoms with E-state index in [4.69, 9.17) is 0 Å². The van der Waals surface area contributed by atoms with Crippen molar-refractivity contribution in [2.24, 2.45) is 5.10 Å². The van der Waals surface area contributed by atoms with Crippen LogP contribution in [0, 0.1) is 12.7 Å². The van der Waals surface area contributed by atoms with E-state index >= 15 is 0 Å². The van der Waals surface area contributed by atoms with E-state index in [0.29, 0.717) is 16.5 Å². The van der Waals surface area contributed by atoms with Gasteiger partial charge in [0.05, 0.1) is 12.0 Å². The van der Waals surface area contributed by atoms with Gasteiger partial charge in [-0.1, -0.05) is 41.6 Å². The summed E-state index contributed by atoms with van der Waals surface area (Å²) in [5.41, 5.74) is 6.05. The molecule has 0 bridgehead atoms. The summed E-state index contributed by atoms with van der Waals surface area (Å²) in [7, 11) is 0. The van der Waals surface area contributed by atoms with Crippen molar-refractivity contribution < 1.29 is 9.18 Å². The molecule has 1 amide bonds. The van der Waals surface area contributed by atoms with Gasteiger partial charge in [-0.15, -0.1) is 10.2 Å². The largest absolute Gasteiger partial charge is 0.272 e. The number of aromatic nitrogens is 4. The molecule has 0 radical (unpaired) electrons. The number of halogens is 1. The van der Waals surface area contributed by atoms with Gasteiger partial charge in [-0.3, -0.25) is 14.3 Å². The Morgan fingerprint density at radius 1 is 1.06 bits per heavy atom. The number of hydrogen-bond acceptors (Lipinski definition) is 6. The summed E-state index contributed by atoms with van der Waals surface area (Å²) in [6.45, 7) is 2.02. The second kappa shape index (κ2) is 9.97. The van der Waals surface area contributed by atoms with Crippen molar-refractivity contribution in [1.82, 2.24) is 25.2 Å². The summed E-state index contributed by atoms with van der Waals surface area (Å²) in [4.78, 5) is 16.3. The van der Waals surface area contributed by atoms with Crippen molar-refractivity contribution >= 4 is 23.9 Å². The first-order valence-electron chi connectivity index (χ1n) is 9.73. The summed E-state index contributed by atoms with van der Waals surface area (Å²) in [6, 6.07) is 17.5. The first-order chi connectivity index (χ1) is 15.6. The van der Waals surface area contributed by atoms with E-state index in [1.54, 1.807) is 24.5 Å². The van der Waals surface area contributed by atoms with Crippen LogP contribution >= 0.6 is 11.8 Å². The third kappa shape index (κ3) is 5.25. The van der Waals surface area contributed by atoms with Crippen LogP contribution in [0.25, 0.3) is 17.1 Å². The van der Waals surface area contributed by atoms with Crippen molar-refractivity contribution in [2.45, 2.75) is 12.1 Å². The van der Waals surface area contributed by atoms with Gasteiger partial charge in [-0.2, -0.15) is 5.10 Å². The zero-order valence-electron chi connectivity index (χ0n) is 17.1. The van der Waals surface area contributed by atoms with Gasteiger partial charge in [0.15, 0.2) is 11.0 Å². The molecule has 0 saturated heterocycles. The molecule has 4 aromatic rings. The summed E-state index contributed by atoms with van der Waals surface area (Å²) in [5, 5.41) is 13.1. The number of aryl methyl sites for hydroxylation is 1. The van der Waals surface area contributed by atoms with Gasteiger partial charge >= 0.3 is 0 Å². The maximum absolute atomic E-state index is 13.0. The molecule has 2 aromatic carbocycles. The monoisotopic (exact) mass is 446 g/mol. The number of hydrazone groups is 1. The maximum Gasteiger partial charge on any atom is 0.250 e. The number of carbonyl (C=O) groups is 1. The quantitative estimate of drug-likeness (QED) is 0.263. The van der Waals surface area contributed by atoms with Crippen LogP contribution in [-0.4, -0.2) is 37.6 Å². The van der Waals surface area contributed by atoms with Gasteiger partial charge in [0.1, 0.15) is 5.82 Å². The summed E-state index contributed by atoms with van der Waals surface area (Å²) in [6.07, 6.45) is 4.85. The number of pyridine rings is 1. The van der Waals surface area contributed by atoms with E-state index < -0.39 is 0 Å². The maximum atomic E-state index is 13.0. The highest BCUT2D eigenvalue weighted by molar-refractivity contribution is 7.99. The SMILES string of the molecule is Cc1ccc(-n2c(SCC(=O)NN=Cc3ccc(F)cc3)nnc2-c2ccncc2)cc1. The highest BCUT2D eigenvalue weighted by Gasteiger charge is 2.17. The minimum absolute atomic E-state index is 0.0983. The molecule has 0 atom stereocenters. The lowest BCUT2D eigenvalue weighted by atomic mass is 10.2. The highest BCUT2D eigenvalue weighted by atomic mass is 32.2. The molecule has 0 aliphatic rings. The fraction of sp³-hybridized carbons (Fsp3) is 0.0870. The molecular formula is C23H19FN6OS. The van der Waals surface area contributed by atoms with E-state index in [0.717, 1.165) is 16.8 Å². The molecule has 0 aliphatic carbocycles. The average Bonchev–Trinajstić information content (AvgIpc) is 3.24. The Labute approximate surface area is 188 Å². The Hall–Kier alpha value is -3.85. The molecule has 9 heteroatoms. The van der Waals surface area contributed by atoms with Crippen LogP contribution in [0.4, 0.5) is 4.39 Å². The zero-order valence-corrected chi connectivity index (χ0v) is 18.0. The summed E-state index contributed by atoms with van der Waals surface area (Å²) in [5.74, 6) is 0.137. The van der Waals surface area contributed by atoms with Crippen molar-refractivity contribution in [2.75, 3.05) is 5.75 Å². The number of benzene rings is 2. The molecule has 0 saturated carbocycles. The van der Waals surface area contributed by atoms with Gasteiger partial charge in [-0.25, -0.2) is 9.82 Å². The normalized spacial score (nSPS) is 11.1. The standard InChI is InChI=1S/C23H19FN6OS/c1-16-2-8-20(9-3-16)30-22(18-10-12-25-13-11-18)28-29-23(30)32-15-21(31)27-26-14-17-4-6-19(24)7-5-17/h2-14H,15H2,1H3,(H,27,31). The van der Waals surface area contributed by atoms with Gasteiger partial charge in [0, 0.05) is 23.6 Å². The lowest BCUT2D eigenvalue weighted by Gasteiger charge is -2.10. The van der Waals surface area contributed by atoms with Gasteiger partial charge in [0.25, 0.3) is 5.91 Å². The topological polar surface area (TPSA) is 85.1 Å². The number of hydrogen-bond donors (Lipinski definition) is 1. The number of rotatable bonds is 7. The van der Waals surface area contributed by atoms with Gasteiger partial charge in [-0.05, 0) is 48.9 Å². The minimum Gasteiger partial charge on any atom is -0.272 e. The number of nitrogens with one attached hydrogen (secondary N) is 1. The van der Waals surface area contributed by atoms with Crippen molar-refractivity contribution in [3.8, 4) is 17.1 Å². The zero-order chi connectivity index (χ0) is 22.3. The molecule has 0 fully saturated rings. The molecule has 160 valence electrons. The molecule has 7 nitrogen and oxygen atoms in total. The van der Waals surface area contributed by atoms with Crippen LogP contribution < -0.4 is 5.43 Å². The lowest BCUT2D eigenvalue weighted by Crippen LogP contribution is -2.20. The van der Waals surface area contributed by atoms with Crippen molar-refractivity contribution in [3.05, 3.63) is 90.0 Å². The lowest BCUT2D eigenvalue weighted by molar-refractivity contribution is -0.118. The van der Waals surface area contributed by atoms with E-state index in [1.807, 2.05) is 47.9 Å². The predicted octanol–water partition coefficient (Wildman–Crippen LogP) is 4.02. The van der Waals surface area contributed by atoms with Crippen LogP contribution in [0.5, 0.6) is 0 Å². The third-order valence-electron chi connectivity index (χ3n) is 4.47.